The Balaban J connectivity index is 1.62. The fourth-order valence-corrected chi connectivity index (χ4v) is 1.92. The molecule has 0 fully saturated rings. The third kappa shape index (κ3) is 2.82. The molecule has 0 bridgehead atoms. The lowest BCUT2D eigenvalue weighted by Gasteiger charge is -2.04. The highest BCUT2D eigenvalue weighted by molar-refractivity contribution is 5.91. The van der Waals surface area contributed by atoms with Gasteiger partial charge in [-0.25, -0.2) is 4.98 Å². The summed E-state index contributed by atoms with van der Waals surface area (Å²) in [5.41, 5.74) is 6.75. The van der Waals surface area contributed by atoms with Crippen molar-refractivity contribution in [3.63, 3.8) is 0 Å². The van der Waals surface area contributed by atoms with Crippen LogP contribution in [0.5, 0.6) is 11.5 Å². The number of carbonyl (C=O) groups excluding carboxylic acids is 1. The fourth-order valence-electron chi connectivity index (χ4n) is 1.92. The van der Waals surface area contributed by atoms with Crippen molar-refractivity contribution in [3.8, 4) is 11.5 Å². The smallest absolute Gasteiger partial charge is 0.273 e. The number of nitrogens with zero attached hydrogens (tertiary/aromatic N) is 1. The van der Waals surface area contributed by atoms with Crippen molar-refractivity contribution in [3.05, 3.63) is 41.6 Å². The Hall–Kier alpha value is -2.54. The SMILES string of the molecule is CC(N)c1nc(C(=O)NCc2ccc3c(c2)OCO3)co1. The van der Waals surface area contributed by atoms with Gasteiger partial charge in [0.2, 0.25) is 12.7 Å². The topological polar surface area (TPSA) is 99.6 Å². The highest BCUT2D eigenvalue weighted by Crippen LogP contribution is 2.32. The quantitative estimate of drug-likeness (QED) is 0.881. The predicted molar refractivity (Wildman–Crippen MR) is 72.8 cm³/mol. The average molecular weight is 289 g/mol. The number of ether oxygens (including phenoxy) is 2. The zero-order valence-electron chi connectivity index (χ0n) is 11.5. The van der Waals surface area contributed by atoms with Crippen LogP contribution >= 0.6 is 0 Å². The largest absolute Gasteiger partial charge is 0.454 e. The van der Waals surface area contributed by atoms with Gasteiger partial charge in [-0.1, -0.05) is 6.07 Å². The number of nitrogens with two attached hydrogens (primary N) is 1. The van der Waals surface area contributed by atoms with Crippen LogP contribution in [0, 0.1) is 0 Å². The van der Waals surface area contributed by atoms with E-state index in [2.05, 4.69) is 10.3 Å². The maximum atomic E-state index is 12.0. The standard InChI is InChI=1S/C14H15N3O4/c1-8(15)14-17-10(6-19-14)13(18)16-5-9-2-3-11-12(4-9)21-7-20-11/h2-4,6,8H,5,7,15H2,1H3,(H,16,18). The summed E-state index contributed by atoms with van der Waals surface area (Å²) in [4.78, 5) is 16.0. The van der Waals surface area contributed by atoms with Crippen molar-refractivity contribution in [1.82, 2.24) is 10.3 Å². The molecule has 110 valence electrons. The molecule has 1 aromatic carbocycles. The number of hydrogen-bond donors (Lipinski definition) is 2. The molecular weight excluding hydrogens is 274 g/mol. The summed E-state index contributed by atoms with van der Waals surface area (Å²) in [5, 5.41) is 2.76. The first-order valence-electron chi connectivity index (χ1n) is 6.51. The Morgan fingerprint density at radius 3 is 3.00 bits per heavy atom. The summed E-state index contributed by atoms with van der Waals surface area (Å²) in [6.07, 6.45) is 1.30. The lowest BCUT2D eigenvalue weighted by atomic mass is 10.2. The van der Waals surface area contributed by atoms with Crippen molar-refractivity contribution in [2.45, 2.75) is 19.5 Å². The molecule has 0 saturated carbocycles. The van der Waals surface area contributed by atoms with Crippen molar-refractivity contribution in [2.24, 2.45) is 5.73 Å². The van der Waals surface area contributed by atoms with Crippen LogP contribution < -0.4 is 20.5 Å². The highest BCUT2D eigenvalue weighted by Gasteiger charge is 2.16. The molecule has 1 atom stereocenters. The molecule has 1 amide bonds. The van der Waals surface area contributed by atoms with Crippen molar-refractivity contribution in [1.29, 1.82) is 0 Å². The number of aromatic nitrogens is 1. The van der Waals surface area contributed by atoms with E-state index in [9.17, 15) is 4.79 Å². The Bertz CT molecular complexity index is 666. The maximum Gasteiger partial charge on any atom is 0.273 e. The molecular formula is C14H15N3O4. The minimum absolute atomic E-state index is 0.211. The molecule has 1 aromatic heterocycles. The van der Waals surface area contributed by atoms with E-state index in [1.165, 1.54) is 6.26 Å². The van der Waals surface area contributed by atoms with E-state index in [1.807, 2.05) is 18.2 Å². The van der Waals surface area contributed by atoms with E-state index >= 15 is 0 Å². The zero-order chi connectivity index (χ0) is 14.8. The van der Waals surface area contributed by atoms with Gasteiger partial charge in [-0.2, -0.15) is 0 Å². The summed E-state index contributed by atoms with van der Waals surface area (Å²) in [5.74, 6) is 1.41. The van der Waals surface area contributed by atoms with Crippen LogP contribution in [0.3, 0.4) is 0 Å². The number of oxazole rings is 1. The third-order valence-corrected chi connectivity index (χ3v) is 3.03. The van der Waals surface area contributed by atoms with Crippen molar-refractivity contribution >= 4 is 5.91 Å². The molecule has 21 heavy (non-hydrogen) atoms. The second-order valence-electron chi connectivity index (χ2n) is 4.73. The Kier molecular flexibility index (Phi) is 3.49. The van der Waals surface area contributed by atoms with Gasteiger partial charge in [0.25, 0.3) is 5.91 Å². The molecule has 0 aliphatic carbocycles. The van der Waals surface area contributed by atoms with Crippen LogP contribution in [-0.2, 0) is 6.54 Å². The van der Waals surface area contributed by atoms with Gasteiger partial charge in [0.15, 0.2) is 17.2 Å². The number of nitrogens with one attached hydrogen (secondary N) is 1. The zero-order valence-corrected chi connectivity index (χ0v) is 11.5. The second-order valence-corrected chi connectivity index (χ2v) is 4.73. The fraction of sp³-hybridized carbons (Fsp3) is 0.286. The second kappa shape index (κ2) is 5.45. The first-order valence-corrected chi connectivity index (χ1v) is 6.51. The lowest BCUT2D eigenvalue weighted by molar-refractivity contribution is 0.0945. The van der Waals surface area contributed by atoms with Gasteiger partial charge in [0.05, 0.1) is 6.04 Å². The van der Waals surface area contributed by atoms with Gasteiger partial charge in [-0.05, 0) is 24.6 Å². The van der Waals surface area contributed by atoms with Crippen LogP contribution in [0.25, 0.3) is 0 Å². The van der Waals surface area contributed by atoms with Gasteiger partial charge in [-0.15, -0.1) is 0 Å². The first kappa shape index (κ1) is 13.4. The average Bonchev–Trinajstić information content (AvgIpc) is 3.12. The molecule has 1 aliphatic heterocycles. The van der Waals surface area contributed by atoms with Crippen molar-refractivity contribution < 1.29 is 18.7 Å². The van der Waals surface area contributed by atoms with E-state index in [0.717, 1.165) is 5.56 Å². The molecule has 0 saturated heterocycles. The maximum absolute atomic E-state index is 12.0. The molecule has 0 radical (unpaired) electrons. The highest BCUT2D eigenvalue weighted by atomic mass is 16.7. The van der Waals surface area contributed by atoms with Crippen LogP contribution in [0.4, 0.5) is 0 Å². The minimum atomic E-state index is -0.347. The molecule has 1 aliphatic rings. The Labute approximate surface area is 121 Å². The third-order valence-electron chi connectivity index (χ3n) is 3.03. The molecule has 3 rings (SSSR count). The number of amides is 1. The van der Waals surface area contributed by atoms with E-state index in [4.69, 9.17) is 19.6 Å². The molecule has 7 nitrogen and oxygen atoms in total. The molecule has 0 spiro atoms. The van der Waals surface area contributed by atoms with Gasteiger partial charge in [-0.3, -0.25) is 4.79 Å². The van der Waals surface area contributed by atoms with E-state index in [0.29, 0.717) is 23.9 Å². The van der Waals surface area contributed by atoms with Crippen LogP contribution in [0.15, 0.2) is 28.9 Å². The summed E-state index contributed by atoms with van der Waals surface area (Å²) in [6.45, 7) is 2.32. The monoisotopic (exact) mass is 289 g/mol. The number of rotatable bonds is 4. The van der Waals surface area contributed by atoms with E-state index in [-0.39, 0.29) is 24.4 Å². The minimum Gasteiger partial charge on any atom is -0.454 e. The van der Waals surface area contributed by atoms with Crippen LogP contribution in [0.1, 0.15) is 34.9 Å². The van der Waals surface area contributed by atoms with E-state index < -0.39 is 0 Å². The van der Waals surface area contributed by atoms with E-state index in [1.54, 1.807) is 6.92 Å². The summed E-state index contributed by atoms with van der Waals surface area (Å²) in [7, 11) is 0. The van der Waals surface area contributed by atoms with Crippen LogP contribution in [-0.4, -0.2) is 17.7 Å². The number of benzene rings is 1. The Morgan fingerprint density at radius 2 is 2.24 bits per heavy atom. The number of carbonyl (C=O) groups is 1. The summed E-state index contributed by atoms with van der Waals surface area (Å²) >= 11 is 0. The summed E-state index contributed by atoms with van der Waals surface area (Å²) in [6, 6.07) is 5.16. The molecule has 1 unspecified atom stereocenters. The number of fused-ring (bicyclic) bond motifs is 1. The Morgan fingerprint density at radius 1 is 1.43 bits per heavy atom. The van der Waals surface area contributed by atoms with Gasteiger partial charge in [0, 0.05) is 6.54 Å². The van der Waals surface area contributed by atoms with Gasteiger partial charge >= 0.3 is 0 Å². The number of hydrogen-bond acceptors (Lipinski definition) is 6. The first-order chi connectivity index (χ1) is 10.1. The molecule has 3 N–H and O–H groups in total. The molecule has 2 aromatic rings. The lowest BCUT2D eigenvalue weighted by Crippen LogP contribution is -2.23. The molecule has 2 heterocycles. The molecule has 7 heteroatoms. The predicted octanol–water partition coefficient (Wildman–Crippen LogP) is 1.35. The van der Waals surface area contributed by atoms with Gasteiger partial charge < -0.3 is 24.9 Å². The van der Waals surface area contributed by atoms with Crippen molar-refractivity contribution in [2.75, 3.05) is 6.79 Å². The summed E-state index contributed by atoms with van der Waals surface area (Å²) < 4.78 is 15.6. The van der Waals surface area contributed by atoms with Crippen LogP contribution in [0.2, 0.25) is 0 Å². The normalized spacial score (nSPS) is 14.0. The van der Waals surface area contributed by atoms with Gasteiger partial charge in [0.1, 0.15) is 6.26 Å².